The summed E-state index contributed by atoms with van der Waals surface area (Å²) in [4.78, 5) is 4.07. The Balaban J connectivity index is 2.19. The van der Waals surface area contributed by atoms with E-state index in [1.54, 1.807) is 12.4 Å². The highest BCUT2D eigenvalue weighted by atomic mass is 16.5. The first-order valence-corrected chi connectivity index (χ1v) is 5.15. The van der Waals surface area contributed by atoms with Crippen LogP contribution in [0, 0.1) is 0 Å². The van der Waals surface area contributed by atoms with E-state index in [0.717, 1.165) is 5.56 Å². The molecule has 4 heteroatoms. The van der Waals surface area contributed by atoms with Gasteiger partial charge in [0, 0.05) is 24.8 Å². The molecule has 0 aliphatic carbocycles. The van der Waals surface area contributed by atoms with Gasteiger partial charge in [-0.2, -0.15) is 0 Å². The molecular formula is C11H16N2O2. The molecule has 0 amide bonds. The van der Waals surface area contributed by atoms with Crippen LogP contribution in [-0.2, 0) is 5.60 Å². The van der Waals surface area contributed by atoms with Crippen LogP contribution in [0.15, 0.2) is 18.5 Å². The third-order valence-electron chi connectivity index (χ3n) is 2.46. The molecule has 1 aliphatic heterocycles. The van der Waals surface area contributed by atoms with E-state index in [2.05, 4.69) is 10.3 Å². The van der Waals surface area contributed by atoms with Crippen molar-refractivity contribution in [1.82, 2.24) is 10.3 Å². The molecule has 15 heavy (non-hydrogen) atoms. The van der Waals surface area contributed by atoms with Gasteiger partial charge in [-0.1, -0.05) is 0 Å². The summed E-state index contributed by atoms with van der Waals surface area (Å²) in [6.07, 6.45) is 3.48. The second kappa shape index (κ2) is 3.79. The molecule has 0 saturated carbocycles. The molecule has 0 radical (unpaired) electrons. The van der Waals surface area contributed by atoms with Gasteiger partial charge in [-0.3, -0.25) is 4.98 Å². The zero-order chi connectivity index (χ0) is 10.9. The quantitative estimate of drug-likeness (QED) is 0.766. The molecule has 82 valence electrons. The van der Waals surface area contributed by atoms with E-state index >= 15 is 0 Å². The molecule has 1 fully saturated rings. The molecule has 0 unspecified atom stereocenters. The van der Waals surface area contributed by atoms with Crippen LogP contribution in [0.5, 0.6) is 5.75 Å². The summed E-state index contributed by atoms with van der Waals surface area (Å²) in [7, 11) is 0. The highest BCUT2D eigenvalue weighted by molar-refractivity contribution is 5.30. The monoisotopic (exact) mass is 208 g/mol. The molecule has 0 bridgehead atoms. The maximum absolute atomic E-state index is 10.1. The van der Waals surface area contributed by atoms with Crippen LogP contribution in [0.25, 0.3) is 0 Å². The summed E-state index contributed by atoms with van der Waals surface area (Å²) in [5.74, 6) is 0.711. The predicted molar refractivity (Wildman–Crippen MR) is 56.8 cm³/mol. The topological polar surface area (TPSA) is 54.4 Å². The first kappa shape index (κ1) is 10.4. The zero-order valence-electron chi connectivity index (χ0n) is 9.03. The van der Waals surface area contributed by atoms with E-state index in [4.69, 9.17) is 4.74 Å². The van der Waals surface area contributed by atoms with Crippen molar-refractivity contribution in [2.75, 3.05) is 13.1 Å². The van der Waals surface area contributed by atoms with Gasteiger partial charge in [0.15, 0.2) is 0 Å². The Hall–Kier alpha value is -1.13. The van der Waals surface area contributed by atoms with Crippen LogP contribution in [-0.4, -0.2) is 29.3 Å². The molecule has 1 saturated heterocycles. The molecular weight excluding hydrogens is 192 g/mol. The van der Waals surface area contributed by atoms with Gasteiger partial charge in [0.1, 0.15) is 11.4 Å². The van der Waals surface area contributed by atoms with Crippen molar-refractivity contribution >= 4 is 0 Å². The van der Waals surface area contributed by atoms with Crippen molar-refractivity contribution in [3.8, 4) is 5.75 Å². The van der Waals surface area contributed by atoms with E-state index < -0.39 is 5.60 Å². The van der Waals surface area contributed by atoms with Crippen molar-refractivity contribution in [3.05, 3.63) is 24.0 Å². The van der Waals surface area contributed by atoms with Crippen LogP contribution in [0.4, 0.5) is 0 Å². The first-order valence-electron chi connectivity index (χ1n) is 5.15. The Labute approximate surface area is 89.3 Å². The number of nitrogens with one attached hydrogen (secondary N) is 1. The third kappa shape index (κ3) is 2.11. The maximum Gasteiger partial charge on any atom is 0.138 e. The van der Waals surface area contributed by atoms with Gasteiger partial charge in [-0.05, 0) is 19.9 Å². The molecule has 0 atom stereocenters. The number of aromatic nitrogens is 1. The van der Waals surface area contributed by atoms with Crippen LogP contribution in [0.2, 0.25) is 0 Å². The maximum atomic E-state index is 10.1. The van der Waals surface area contributed by atoms with Crippen LogP contribution in [0.3, 0.4) is 0 Å². The van der Waals surface area contributed by atoms with Crippen molar-refractivity contribution in [1.29, 1.82) is 0 Å². The van der Waals surface area contributed by atoms with Gasteiger partial charge in [0.05, 0.1) is 12.3 Å². The average Bonchev–Trinajstić information content (AvgIpc) is 2.13. The van der Waals surface area contributed by atoms with E-state index in [-0.39, 0.29) is 6.10 Å². The Morgan fingerprint density at radius 1 is 1.47 bits per heavy atom. The lowest BCUT2D eigenvalue weighted by Crippen LogP contribution is -2.56. The summed E-state index contributed by atoms with van der Waals surface area (Å²) in [5.41, 5.74) is 0.0583. The van der Waals surface area contributed by atoms with E-state index in [1.807, 2.05) is 19.9 Å². The van der Waals surface area contributed by atoms with Gasteiger partial charge in [0.25, 0.3) is 0 Å². The van der Waals surface area contributed by atoms with Crippen LogP contribution in [0.1, 0.15) is 19.4 Å². The van der Waals surface area contributed by atoms with E-state index in [9.17, 15) is 5.11 Å². The standard InChI is InChI=1S/C11H16N2O2/c1-8(2)15-10-3-9(4-12-5-10)11(14)6-13-7-11/h3-5,8,13-14H,6-7H2,1-2H3. The molecule has 2 N–H and O–H groups in total. The second-order valence-electron chi connectivity index (χ2n) is 4.21. The zero-order valence-corrected chi connectivity index (χ0v) is 9.03. The van der Waals surface area contributed by atoms with Gasteiger partial charge in [-0.15, -0.1) is 0 Å². The number of rotatable bonds is 3. The van der Waals surface area contributed by atoms with E-state index in [1.165, 1.54) is 0 Å². The minimum Gasteiger partial charge on any atom is -0.489 e. The third-order valence-corrected chi connectivity index (χ3v) is 2.46. The number of hydrogen-bond acceptors (Lipinski definition) is 4. The van der Waals surface area contributed by atoms with Gasteiger partial charge in [-0.25, -0.2) is 0 Å². The summed E-state index contributed by atoms with van der Waals surface area (Å²) >= 11 is 0. The fourth-order valence-electron chi connectivity index (χ4n) is 1.58. The smallest absolute Gasteiger partial charge is 0.138 e. The number of hydrogen-bond donors (Lipinski definition) is 2. The fraction of sp³-hybridized carbons (Fsp3) is 0.545. The second-order valence-corrected chi connectivity index (χ2v) is 4.21. The molecule has 1 aromatic heterocycles. The lowest BCUT2D eigenvalue weighted by atomic mass is 9.89. The highest BCUT2D eigenvalue weighted by Crippen LogP contribution is 2.27. The minimum atomic E-state index is -0.761. The molecule has 0 aromatic carbocycles. The molecule has 0 spiro atoms. The molecule has 2 rings (SSSR count). The predicted octanol–water partition coefficient (Wildman–Crippen LogP) is 0.660. The Morgan fingerprint density at radius 3 is 2.73 bits per heavy atom. The Bertz CT molecular complexity index is 348. The lowest BCUT2D eigenvalue weighted by molar-refractivity contribution is -0.0152. The fourth-order valence-corrected chi connectivity index (χ4v) is 1.58. The summed E-state index contributed by atoms with van der Waals surface area (Å²) in [6, 6.07) is 1.86. The summed E-state index contributed by atoms with van der Waals surface area (Å²) in [5, 5.41) is 13.1. The number of nitrogens with zero attached hydrogens (tertiary/aromatic N) is 1. The molecule has 2 heterocycles. The minimum absolute atomic E-state index is 0.121. The number of pyridine rings is 1. The largest absolute Gasteiger partial charge is 0.489 e. The van der Waals surface area contributed by atoms with Crippen molar-refractivity contribution < 1.29 is 9.84 Å². The van der Waals surface area contributed by atoms with Crippen molar-refractivity contribution in [2.45, 2.75) is 25.6 Å². The summed E-state index contributed by atoms with van der Waals surface area (Å²) in [6.45, 7) is 5.10. The Morgan fingerprint density at radius 2 is 2.20 bits per heavy atom. The number of β-amino-alcohol motifs (C(OH)–C–C–N with tert-alkyl or cyclic N) is 1. The summed E-state index contributed by atoms with van der Waals surface area (Å²) < 4.78 is 5.52. The van der Waals surface area contributed by atoms with Gasteiger partial charge in [0.2, 0.25) is 0 Å². The van der Waals surface area contributed by atoms with Crippen LogP contribution >= 0.6 is 0 Å². The van der Waals surface area contributed by atoms with Crippen molar-refractivity contribution in [2.24, 2.45) is 0 Å². The first-order chi connectivity index (χ1) is 7.10. The van der Waals surface area contributed by atoms with Gasteiger partial charge >= 0.3 is 0 Å². The SMILES string of the molecule is CC(C)Oc1cncc(C2(O)CNC2)c1. The number of aliphatic hydroxyl groups is 1. The molecule has 1 aliphatic rings. The Kier molecular flexibility index (Phi) is 2.63. The van der Waals surface area contributed by atoms with Gasteiger partial charge < -0.3 is 15.2 Å². The lowest BCUT2D eigenvalue weighted by Gasteiger charge is -2.37. The average molecular weight is 208 g/mol. The normalized spacial score (nSPS) is 18.7. The van der Waals surface area contributed by atoms with E-state index in [0.29, 0.717) is 18.8 Å². The van der Waals surface area contributed by atoms with Crippen molar-refractivity contribution in [3.63, 3.8) is 0 Å². The van der Waals surface area contributed by atoms with Crippen LogP contribution < -0.4 is 10.1 Å². The molecule has 1 aromatic rings. The molecule has 4 nitrogen and oxygen atoms in total. The number of ether oxygens (including phenoxy) is 1. The highest BCUT2D eigenvalue weighted by Gasteiger charge is 2.36.